The van der Waals surface area contributed by atoms with Crippen LogP contribution in [0, 0.1) is 0 Å². The van der Waals surface area contributed by atoms with Crippen molar-refractivity contribution in [1.82, 2.24) is 0 Å². The second kappa shape index (κ2) is 9.74. The van der Waals surface area contributed by atoms with Crippen molar-refractivity contribution in [2.24, 2.45) is 0 Å². The smallest absolute Gasteiger partial charge is 0.346 e. The zero-order valence-corrected chi connectivity index (χ0v) is 16.9. The van der Waals surface area contributed by atoms with E-state index < -0.39 is 28.1 Å². The van der Waals surface area contributed by atoms with Gasteiger partial charge in [-0.05, 0) is 55.0 Å². The fraction of sp³-hybridized carbons (Fsp3) is 0.200. The fourth-order valence-corrected chi connectivity index (χ4v) is 3.28. The number of ether oxygens (including phenoxy) is 3. The predicted molar refractivity (Wildman–Crippen MR) is 107 cm³/mol. The highest BCUT2D eigenvalue weighted by atomic mass is 32.2. The topological polar surface area (TPSA) is 108 Å². The molecule has 0 saturated heterocycles. The Balaban J connectivity index is 2.02. The van der Waals surface area contributed by atoms with Gasteiger partial charge in [0.1, 0.15) is 5.75 Å². The minimum atomic E-state index is -3.77. The highest BCUT2D eigenvalue weighted by Crippen LogP contribution is 2.20. The lowest BCUT2D eigenvalue weighted by atomic mass is 10.2. The molecule has 2 rings (SSSR count). The molecule has 0 aliphatic heterocycles. The van der Waals surface area contributed by atoms with E-state index in [4.69, 9.17) is 9.47 Å². The Morgan fingerprint density at radius 3 is 2.17 bits per heavy atom. The van der Waals surface area contributed by atoms with E-state index in [0.29, 0.717) is 17.0 Å². The van der Waals surface area contributed by atoms with Crippen LogP contribution in [-0.4, -0.2) is 40.7 Å². The quantitative estimate of drug-likeness (QED) is 0.517. The van der Waals surface area contributed by atoms with Gasteiger partial charge in [-0.3, -0.25) is 4.72 Å². The van der Waals surface area contributed by atoms with Gasteiger partial charge in [0.25, 0.3) is 10.0 Å². The first-order valence-electron chi connectivity index (χ1n) is 8.48. The van der Waals surface area contributed by atoms with Gasteiger partial charge < -0.3 is 14.2 Å². The Kier molecular flexibility index (Phi) is 7.38. The summed E-state index contributed by atoms with van der Waals surface area (Å²) in [7, 11) is -1.05. The average Bonchev–Trinajstić information content (AvgIpc) is 2.72. The number of hydrogen-bond acceptors (Lipinski definition) is 7. The number of anilines is 1. The first-order chi connectivity index (χ1) is 13.7. The van der Waals surface area contributed by atoms with Gasteiger partial charge >= 0.3 is 11.9 Å². The molecule has 8 nitrogen and oxygen atoms in total. The van der Waals surface area contributed by atoms with E-state index in [0.717, 1.165) is 6.08 Å². The lowest BCUT2D eigenvalue weighted by Gasteiger charge is -2.09. The van der Waals surface area contributed by atoms with Gasteiger partial charge in [-0.25, -0.2) is 18.0 Å². The molecule has 1 N–H and O–H groups in total. The first-order valence-corrected chi connectivity index (χ1v) is 9.97. The Bertz CT molecular complexity index is 980. The van der Waals surface area contributed by atoms with Crippen molar-refractivity contribution in [3.8, 4) is 5.75 Å². The van der Waals surface area contributed by atoms with Crippen LogP contribution in [0.1, 0.15) is 12.5 Å². The molecule has 0 spiro atoms. The second-order valence-corrected chi connectivity index (χ2v) is 7.52. The van der Waals surface area contributed by atoms with E-state index in [-0.39, 0.29) is 4.90 Å². The molecule has 0 amide bonds. The van der Waals surface area contributed by atoms with Crippen LogP contribution in [0.15, 0.2) is 59.5 Å². The summed E-state index contributed by atoms with van der Waals surface area (Å²) in [6.45, 7) is 1.40. The summed E-state index contributed by atoms with van der Waals surface area (Å²) in [5.41, 5.74) is 0.980. The Hall–Kier alpha value is -3.33. The second-order valence-electron chi connectivity index (χ2n) is 5.84. The first kappa shape index (κ1) is 22.0. The summed E-state index contributed by atoms with van der Waals surface area (Å²) in [6.07, 6.45) is 1.56. The van der Waals surface area contributed by atoms with Crippen LogP contribution in [-0.2, 0) is 29.1 Å². The fourth-order valence-electron chi connectivity index (χ4n) is 2.22. The van der Waals surface area contributed by atoms with Crippen LogP contribution < -0.4 is 9.46 Å². The summed E-state index contributed by atoms with van der Waals surface area (Å²) >= 11 is 0. The molecule has 9 heteroatoms. The third-order valence-electron chi connectivity index (χ3n) is 3.77. The minimum absolute atomic E-state index is 0.0624. The number of hydrogen-bond donors (Lipinski definition) is 1. The van der Waals surface area contributed by atoms with Crippen molar-refractivity contribution in [2.45, 2.75) is 17.9 Å². The summed E-state index contributed by atoms with van der Waals surface area (Å²) in [5, 5.41) is 0. The van der Waals surface area contributed by atoms with E-state index in [1.165, 1.54) is 51.5 Å². The molecule has 1 atom stereocenters. The van der Waals surface area contributed by atoms with Crippen LogP contribution >= 0.6 is 0 Å². The van der Waals surface area contributed by atoms with Gasteiger partial charge in [0.15, 0.2) is 6.10 Å². The van der Waals surface area contributed by atoms with Crippen LogP contribution in [0.5, 0.6) is 5.75 Å². The highest BCUT2D eigenvalue weighted by molar-refractivity contribution is 7.92. The molecule has 2 aromatic rings. The van der Waals surface area contributed by atoms with Crippen LogP contribution in [0.3, 0.4) is 0 Å². The molecule has 0 saturated carbocycles. The van der Waals surface area contributed by atoms with Gasteiger partial charge in [-0.15, -0.1) is 0 Å². The molecule has 2 aromatic carbocycles. The van der Waals surface area contributed by atoms with Crippen molar-refractivity contribution in [1.29, 1.82) is 0 Å². The Morgan fingerprint density at radius 2 is 1.62 bits per heavy atom. The molecular weight excluding hydrogens is 398 g/mol. The molecule has 29 heavy (non-hydrogen) atoms. The maximum atomic E-state index is 12.5. The highest BCUT2D eigenvalue weighted by Gasteiger charge is 2.17. The van der Waals surface area contributed by atoms with Crippen LogP contribution in [0.2, 0.25) is 0 Å². The molecule has 0 radical (unpaired) electrons. The molecular formula is C20H21NO7S. The SMILES string of the molecule is COC(=O)[C@@H](C)OC(=O)/C=C/c1ccc(S(=O)(=O)Nc2ccc(OC)cc2)cc1. The molecule has 0 aliphatic rings. The monoisotopic (exact) mass is 419 g/mol. The van der Waals surface area contributed by atoms with Crippen molar-refractivity contribution >= 4 is 33.7 Å². The maximum absolute atomic E-state index is 12.5. The molecule has 0 bridgehead atoms. The third kappa shape index (κ3) is 6.35. The van der Waals surface area contributed by atoms with E-state index >= 15 is 0 Å². The molecule has 0 fully saturated rings. The van der Waals surface area contributed by atoms with Gasteiger partial charge in [-0.2, -0.15) is 0 Å². The summed E-state index contributed by atoms with van der Waals surface area (Å²) in [5.74, 6) is -0.768. The molecule has 0 aliphatic carbocycles. The number of carbonyl (C=O) groups excluding carboxylic acids is 2. The maximum Gasteiger partial charge on any atom is 0.346 e. The normalized spacial score (nSPS) is 12.2. The predicted octanol–water partition coefficient (Wildman–Crippen LogP) is 2.61. The van der Waals surface area contributed by atoms with Gasteiger partial charge in [0.05, 0.1) is 19.1 Å². The number of methoxy groups -OCH3 is 2. The number of benzene rings is 2. The molecule has 0 aromatic heterocycles. The summed E-state index contributed by atoms with van der Waals surface area (Å²) in [6, 6.07) is 12.4. The van der Waals surface area contributed by atoms with Gasteiger partial charge in [0.2, 0.25) is 0 Å². The van der Waals surface area contributed by atoms with Crippen molar-refractivity contribution in [2.75, 3.05) is 18.9 Å². The zero-order valence-electron chi connectivity index (χ0n) is 16.1. The van der Waals surface area contributed by atoms with E-state index in [1.807, 2.05) is 0 Å². The summed E-state index contributed by atoms with van der Waals surface area (Å²) in [4.78, 5) is 23.0. The van der Waals surface area contributed by atoms with Crippen molar-refractivity contribution < 1.29 is 32.2 Å². The number of nitrogens with one attached hydrogen (secondary N) is 1. The molecule has 154 valence electrons. The molecule has 0 unspecified atom stereocenters. The van der Waals surface area contributed by atoms with Gasteiger partial charge in [-0.1, -0.05) is 12.1 Å². The van der Waals surface area contributed by atoms with E-state index in [1.54, 1.807) is 24.3 Å². The lowest BCUT2D eigenvalue weighted by molar-refractivity contribution is -0.161. The number of sulfonamides is 1. The minimum Gasteiger partial charge on any atom is -0.497 e. The van der Waals surface area contributed by atoms with E-state index in [9.17, 15) is 18.0 Å². The number of rotatable bonds is 8. The average molecular weight is 419 g/mol. The standard InChI is InChI=1S/C20H21NO7S/c1-14(20(23)27-3)28-19(22)13-6-15-4-11-18(12-5-15)29(24,25)21-16-7-9-17(26-2)10-8-16/h4-14,21H,1-3H3/b13-6+/t14-/m1/s1. The van der Waals surface area contributed by atoms with Crippen molar-refractivity contribution in [3.63, 3.8) is 0 Å². The number of esters is 2. The molecule has 0 heterocycles. The Morgan fingerprint density at radius 1 is 1.00 bits per heavy atom. The lowest BCUT2D eigenvalue weighted by Crippen LogP contribution is -2.24. The van der Waals surface area contributed by atoms with Crippen molar-refractivity contribution in [3.05, 3.63) is 60.2 Å². The van der Waals surface area contributed by atoms with E-state index in [2.05, 4.69) is 9.46 Å². The largest absolute Gasteiger partial charge is 0.497 e. The zero-order chi connectivity index (χ0) is 21.4. The summed E-state index contributed by atoms with van der Waals surface area (Å²) < 4.78 is 41.8. The van der Waals surface area contributed by atoms with Gasteiger partial charge in [0, 0.05) is 11.8 Å². The van der Waals surface area contributed by atoms with Crippen LogP contribution in [0.25, 0.3) is 6.08 Å². The van der Waals surface area contributed by atoms with Crippen LogP contribution in [0.4, 0.5) is 5.69 Å². The third-order valence-corrected chi connectivity index (χ3v) is 5.17. The Labute approximate surface area is 169 Å². The number of carbonyl (C=O) groups is 2.